The van der Waals surface area contributed by atoms with Crippen molar-refractivity contribution < 1.29 is 18.7 Å². The lowest BCUT2D eigenvalue weighted by atomic mass is 9.85. The first-order valence-corrected chi connectivity index (χ1v) is 8.38. The molecule has 7 heteroatoms. The molecule has 1 aromatic carbocycles. The summed E-state index contributed by atoms with van der Waals surface area (Å²) in [7, 11) is 1.62. The number of hydrogen-bond donors (Lipinski definition) is 2. The van der Waals surface area contributed by atoms with Crippen LogP contribution in [0.5, 0.6) is 0 Å². The van der Waals surface area contributed by atoms with Gasteiger partial charge in [-0.25, -0.2) is 8.78 Å². The van der Waals surface area contributed by atoms with Crippen molar-refractivity contribution in [2.45, 2.75) is 37.7 Å². The normalized spacial score (nSPS) is 16.6. The summed E-state index contributed by atoms with van der Waals surface area (Å²) in [5, 5.41) is 17.4. The minimum absolute atomic E-state index is 0.0588. The number of carbonyl (C=O) groups excluding carboxylic acids is 1. The molecule has 1 aliphatic rings. The number of amides is 1. The summed E-state index contributed by atoms with van der Waals surface area (Å²) in [6.07, 6.45) is 5.75. The van der Waals surface area contributed by atoms with Crippen molar-refractivity contribution >= 4 is 5.91 Å². The second-order valence-corrected chi connectivity index (χ2v) is 6.66. The molecule has 5 nitrogen and oxygen atoms in total. The molecule has 1 fully saturated rings. The van der Waals surface area contributed by atoms with Gasteiger partial charge < -0.3 is 10.4 Å². The minimum atomic E-state index is -0.891. The van der Waals surface area contributed by atoms with Gasteiger partial charge in [-0.15, -0.1) is 0 Å². The molecule has 0 unspecified atom stereocenters. The van der Waals surface area contributed by atoms with Gasteiger partial charge in [0.15, 0.2) is 0 Å². The molecule has 25 heavy (non-hydrogen) atoms. The molecule has 1 amide bonds. The Morgan fingerprint density at radius 3 is 2.72 bits per heavy atom. The predicted molar refractivity (Wildman–Crippen MR) is 88.9 cm³/mol. The molecule has 1 saturated carbocycles. The van der Waals surface area contributed by atoms with Crippen molar-refractivity contribution in [3.8, 4) is 11.3 Å². The number of benzene rings is 1. The first-order valence-electron chi connectivity index (χ1n) is 8.38. The van der Waals surface area contributed by atoms with Gasteiger partial charge in [0.2, 0.25) is 0 Å². The zero-order chi connectivity index (χ0) is 18.0. The molecule has 1 aliphatic carbocycles. The molecule has 134 valence electrons. The van der Waals surface area contributed by atoms with Gasteiger partial charge in [0, 0.05) is 31.4 Å². The van der Waals surface area contributed by atoms with Crippen LogP contribution >= 0.6 is 0 Å². The Bertz CT molecular complexity index is 783. The van der Waals surface area contributed by atoms with Crippen molar-refractivity contribution in [1.29, 1.82) is 0 Å². The van der Waals surface area contributed by atoms with E-state index in [1.807, 2.05) is 0 Å². The average Bonchev–Trinajstić information content (AvgIpc) is 2.95. The molecule has 0 radical (unpaired) electrons. The van der Waals surface area contributed by atoms with Gasteiger partial charge >= 0.3 is 0 Å². The van der Waals surface area contributed by atoms with Gasteiger partial charge in [-0.1, -0.05) is 19.3 Å². The van der Waals surface area contributed by atoms with Crippen molar-refractivity contribution in [2.75, 3.05) is 6.54 Å². The summed E-state index contributed by atoms with van der Waals surface area (Å²) >= 11 is 0. The molecule has 0 saturated heterocycles. The Morgan fingerprint density at radius 1 is 1.32 bits per heavy atom. The van der Waals surface area contributed by atoms with Crippen LogP contribution in [0.1, 0.15) is 42.5 Å². The van der Waals surface area contributed by atoms with E-state index in [-0.39, 0.29) is 23.4 Å². The van der Waals surface area contributed by atoms with E-state index in [1.165, 1.54) is 16.9 Å². The van der Waals surface area contributed by atoms with Crippen molar-refractivity contribution in [3.05, 3.63) is 41.6 Å². The number of rotatable bonds is 4. The number of halogens is 2. The zero-order valence-electron chi connectivity index (χ0n) is 14.1. The summed E-state index contributed by atoms with van der Waals surface area (Å²) in [5.74, 6) is -1.91. The quantitative estimate of drug-likeness (QED) is 0.892. The van der Waals surface area contributed by atoms with E-state index in [0.717, 1.165) is 31.4 Å². The molecule has 1 aromatic heterocycles. The van der Waals surface area contributed by atoms with Gasteiger partial charge in [-0.3, -0.25) is 9.48 Å². The third-order valence-electron chi connectivity index (χ3n) is 4.62. The summed E-state index contributed by atoms with van der Waals surface area (Å²) < 4.78 is 28.6. The number of carbonyl (C=O) groups is 1. The monoisotopic (exact) mass is 349 g/mol. The second-order valence-electron chi connectivity index (χ2n) is 6.66. The van der Waals surface area contributed by atoms with Crippen LogP contribution in [0.3, 0.4) is 0 Å². The molecule has 1 heterocycles. The summed E-state index contributed by atoms with van der Waals surface area (Å²) in [6.45, 7) is 0.145. The van der Waals surface area contributed by atoms with Gasteiger partial charge in [0.1, 0.15) is 17.3 Å². The van der Waals surface area contributed by atoms with E-state index in [4.69, 9.17) is 0 Å². The van der Waals surface area contributed by atoms with Crippen LogP contribution in [0, 0.1) is 11.6 Å². The molecule has 0 spiro atoms. The van der Waals surface area contributed by atoms with E-state index >= 15 is 0 Å². The fraction of sp³-hybridized carbons (Fsp3) is 0.444. The zero-order valence-corrected chi connectivity index (χ0v) is 14.1. The van der Waals surface area contributed by atoms with Crippen LogP contribution < -0.4 is 5.32 Å². The number of aliphatic hydroxyl groups is 1. The highest BCUT2D eigenvalue weighted by molar-refractivity contribution is 5.99. The Hall–Kier alpha value is -2.28. The van der Waals surface area contributed by atoms with Crippen LogP contribution in [0.15, 0.2) is 24.4 Å². The van der Waals surface area contributed by atoms with Crippen LogP contribution in [0.2, 0.25) is 0 Å². The third-order valence-corrected chi connectivity index (χ3v) is 4.62. The summed E-state index contributed by atoms with van der Waals surface area (Å²) in [6, 6.07) is 3.15. The first-order chi connectivity index (χ1) is 11.9. The highest BCUT2D eigenvalue weighted by Crippen LogP contribution is 2.28. The van der Waals surface area contributed by atoms with E-state index in [2.05, 4.69) is 10.4 Å². The largest absolute Gasteiger partial charge is 0.388 e. The topological polar surface area (TPSA) is 67.2 Å². The molecule has 2 N–H and O–H groups in total. The van der Waals surface area contributed by atoms with E-state index in [1.54, 1.807) is 7.05 Å². The standard InChI is InChI=1S/C18H21F2N3O2/c1-23-10-14(16(22-23)13-6-5-12(19)9-15(13)20)17(24)21-11-18(25)7-3-2-4-8-18/h5-6,9-10,25H,2-4,7-8,11H2,1H3,(H,21,24). The molecule has 0 bridgehead atoms. The van der Waals surface area contributed by atoms with Crippen molar-refractivity contribution in [2.24, 2.45) is 7.05 Å². The van der Waals surface area contributed by atoms with Gasteiger partial charge in [-0.2, -0.15) is 5.10 Å². The fourth-order valence-corrected chi connectivity index (χ4v) is 3.26. The highest BCUT2D eigenvalue weighted by Gasteiger charge is 2.30. The van der Waals surface area contributed by atoms with E-state index in [9.17, 15) is 18.7 Å². The first kappa shape index (κ1) is 17.5. The SMILES string of the molecule is Cn1cc(C(=O)NCC2(O)CCCCC2)c(-c2ccc(F)cc2F)n1. The summed E-state index contributed by atoms with van der Waals surface area (Å²) in [5.41, 5.74) is -0.499. The maximum absolute atomic E-state index is 14.1. The Morgan fingerprint density at radius 2 is 2.04 bits per heavy atom. The number of aryl methyl sites for hydroxylation is 1. The Labute approximate surface area is 144 Å². The minimum Gasteiger partial charge on any atom is -0.388 e. The smallest absolute Gasteiger partial charge is 0.255 e. The molecular formula is C18H21F2N3O2. The van der Waals surface area contributed by atoms with Crippen molar-refractivity contribution in [1.82, 2.24) is 15.1 Å². The molecule has 0 aliphatic heterocycles. The van der Waals surface area contributed by atoms with Crippen LogP contribution in [-0.4, -0.2) is 32.9 Å². The molecule has 3 rings (SSSR count). The average molecular weight is 349 g/mol. The molecule has 2 aromatic rings. The van der Waals surface area contributed by atoms with Crippen LogP contribution in [-0.2, 0) is 7.05 Å². The van der Waals surface area contributed by atoms with Gasteiger partial charge in [0.05, 0.1) is 11.2 Å². The van der Waals surface area contributed by atoms with Gasteiger partial charge in [0.25, 0.3) is 5.91 Å². The lowest BCUT2D eigenvalue weighted by molar-refractivity contribution is 0.00526. The number of hydrogen-bond acceptors (Lipinski definition) is 3. The maximum Gasteiger partial charge on any atom is 0.255 e. The Balaban J connectivity index is 1.81. The number of nitrogens with one attached hydrogen (secondary N) is 1. The predicted octanol–water partition coefficient (Wildman–Crippen LogP) is 2.79. The van der Waals surface area contributed by atoms with E-state index in [0.29, 0.717) is 12.8 Å². The molecule has 0 atom stereocenters. The third kappa shape index (κ3) is 3.87. The lowest BCUT2D eigenvalue weighted by Gasteiger charge is -2.32. The summed E-state index contributed by atoms with van der Waals surface area (Å²) in [4.78, 5) is 12.5. The Kier molecular flexibility index (Phi) is 4.85. The van der Waals surface area contributed by atoms with E-state index < -0.39 is 23.1 Å². The maximum atomic E-state index is 14.1. The number of aromatic nitrogens is 2. The lowest BCUT2D eigenvalue weighted by Crippen LogP contribution is -2.44. The second kappa shape index (κ2) is 6.92. The number of nitrogens with zero attached hydrogens (tertiary/aromatic N) is 2. The highest BCUT2D eigenvalue weighted by atomic mass is 19.1. The molecular weight excluding hydrogens is 328 g/mol. The van der Waals surface area contributed by atoms with Crippen molar-refractivity contribution in [3.63, 3.8) is 0 Å². The van der Waals surface area contributed by atoms with Crippen LogP contribution in [0.4, 0.5) is 8.78 Å². The van der Waals surface area contributed by atoms with Crippen LogP contribution in [0.25, 0.3) is 11.3 Å². The van der Waals surface area contributed by atoms with Gasteiger partial charge in [-0.05, 0) is 25.0 Å². The fourth-order valence-electron chi connectivity index (χ4n) is 3.26.